The Morgan fingerprint density at radius 3 is 2.75 bits per heavy atom. The third-order valence-electron chi connectivity index (χ3n) is 4.76. The Kier molecular flexibility index (Phi) is 5.68. The normalized spacial score (nSPS) is 16.5. The van der Waals surface area contributed by atoms with Crippen molar-refractivity contribution in [3.05, 3.63) is 78.0 Å². The van der Waals surface area contributed by atoms with E-state index in [9.17, 15) is 4.79 Å². The van der Waals surface area contributed by atoms with E-state index < -0.39 is 0 Å². The molecule has 1 atom stereocenters. The van der Waals surface area contributed by atoms with Crippen molar-refractivity contribution in [2.45, 2.75) is 25.4 Å². The maximum absolute atomic E-state index is 12.4. The molecule has 144 valence electrons. The molecular weight excluding hydrogens is 354 g/mol. The first-order valence-electron chi connectivity index (χ1n) is 9.52. The summed E-state index contributed by atoms with van der Waals surface area (Å²) >= 11 is 0. The molecule has 0 radical (unpaired) electrons. The van der Waals surface area contributed by atoms with Crippen molar-refractivity contribution in [3.8, 4) is 5.75 Å². The van der Waals surface area contributed by atoms with E-state index in [1.165, 1.54) is 6.26 Å². The van der Waals surface area contributed by atoms with Crippen LogP contribution >= 0.6 is 0 Å². The van der Waals surface area contributed by atoms with Crippen LogP contribution < -0.4 is 15.4 Å². The molecule has 28 heavy (non-hydrogen) atoms. The number of nitrogens with zero attached hydrogens (tertiary/aromatic N) is 1. The van der Waals surface area contributed by atoms with E-state index in [4.69, 9.17) is 9.15 Å². The van der Waals surface area contributed by atoms with E-state index >= 15 is 0 Å². The molecule has 4 rings (SSSR count). The first-order chi connectivity index (χ1) is 13.8. The van der Waals surface area contributed by atoms with Gasteiger partial charge in [-0.1, -0.05) is 30.3 Å². The lowest BCUT2D eigenvalue weighted by Crippen LogP contribution is -2.28. The van der Waals surface area contributed by atoms with Gasteiger partial charge in [-0.3, -0.25) is 4.79 Å². The Hall–Kier alpha value is -3.12. The van der Waals surface area contributed by atoms with Gasteiger partial charge in [-0.25, -0.2) is 4.98 Å². The van der Waals surface area contributed by atoms with Crippen LogP contribution in [-0.4, -0.2) is 24.0 Å². The highest BCUT2D eigenvalue weighted by atomic mass is 16.5. The van der Waals surface area contributed by atoms with Crippen LogP contribution in [-0.2, 0) is 6.61 Å². The first-order valence-corrected chi connectivity index (χ1v) is 9.52. The molecule has 2 N–H and O–H groups in total. The van der Waals surface area contributed by atoms with Gasteiger partial charge in [-0.05, 0) is 49.2 Å². The van der Waals surface area contributed by atoms with E-state index in [0.29, 0.717) is 23.9 Å². The van der Waals surface area contributed by atoms with Crippen LogP contribution in [0.5, 0.6) is 5.75 Å². The lowest BCUT2D eigenvalue weighted by Gasteiger charge is -2.19. The largest absolute Gasteiger partial charge is 0.489 e. The molecule has 1 amide bonds. The van der Waals surface area contributed by atoms with E-state index in [1.807, 2.05) is 54.6 Å². The van der Waals surface area contributed by atoms with Gasteiger partial charge < -0.3 is 19.8 Å². The zero-order valence-electron chi connectivity index (χ0n) is 15.6. The Morgan fingerprint density at radius 2 is 2.00 bits per heavy atom. The fourth-order valence-corrected chi connectivity index (χ4v) is 3.21. The average molecular weight is 377 g/mol. The second-order valence-electron chi connectivity index (χ2n) is 6.87. The smallest absolute Gasteiger partial charge is 0.277 e. The predicted octanol–water partition coefficient (Wildman–Crippen LogP) is 3.97. The molecule has 1 aliphatic rings. The lowest BCUT2D eigenvalue weighted by atomic mass is 10.00. The van der Waals surface area contributed by atoms with Gasteiger partial charge in [0.05, 0.1) is 0 Å². The maximum Gasteiger partial charge on any atom is 0.277 e. The maximum atomic E-state index is 12.4. The van der Waals surface area contributed by atoms with E-state index in [-0.39, 0.29) is 11.8 Å². The van der Waals surface area contributed by atoms with Gasteiger partial charge in [0, 0.05) is 18.2 Å². The number of benzene rings is 2. The topological polar surface area (TPSA) is 76.4 Å². The molecular formula is C22H23N3O3. The Balaban J connectivity index is 1.32. The number of hydrogen-bond acceptors (Lipinski definition) is 5. The second-order valence-corrected chi connectivity index (χ2v) is 6.87. The van der Waals surface area contributed by atoms with Crippen molar-refractivity contribution in [1.29, 1.82) is 0 Å². The summed E-state index contributed by atoms with van der Waals surface area (Å²) in [5.74, 6) is 1.32. The fraction of sp³-hybridized carbons (Fsp3) is 0.273. The highest BCUT2D eigenvalue weighted by molar-refractivity contribution is 6.02. The van der Waals surface area contributed by atoms with Gasteiger partial charge in [0.2, 0.25) is 0 Å². The van der Waals surface area contributed by atoms with E-state index in [0.717, 1.165) is 37.2 Å². The summed E-state index contributed by atoms with van der Waals surface area (Å²) in [7, 11) is 0. The number of oxazole rings is 1. The zero-order chi connectivity index (χ0) is 19.2. The SMILES string of the molecule is O=C(Nc1ccc(OCc2ccccc2)cc1)c1coc(C2CCCNC2)n1. The quantitative estimate of drug-likeness (QED) is 0.680. The van der Waals surface area contributed by atoms with Crippen molar-refractivity contribution in [2.24, 2.45) is 0 Å². The van der Waals surface area contributed by atoms with E-state index in [1.54, 1.807) is 0 Å². The molecule has 0 spiro atoms. The first kappa shape index (κ1) is 18.3. The average Bonchev–Trinajstić information content (AvgIpc) is 3.25. The van der Waals surface area contributed by atoms with E-state index in [2.05, 4.69) is 15.6 Å². The van der Waals surface area contributed by atoms with Gasteiger partial charge >= 0.3 is 0 Å². The van der Waals surface area contributed by atoms with Gasteiger partial charge in [-0.2, -0.15) is 0 Å². The Bertz CT molecular complexity index is 900. The zero-order valence-corrected chi connectivity index (χ0v) is 15.6. The van der Waals surface area contributed by atoms with Crippen LogP contribution in [0.4, 0.5) is 5.69 Å². The number of amides is 1. The number of piperidine rings is 1. The number of anilines is 1. The van der Waals surface area contributed by atoms with Crippen LogP contribution in [0.25, 0.3) is 0 Å². The molecule has 2 heterocycles. The summed E-state index contributed by atoms with van der Waals surface area (Å²) in [6.07, 6.45) is 3.54. The summed E-state index contributed by atoms with van der Waals surface area (Å²) in [5, 5.41) is 6.17. The molecule has 1 saturated heterocycles. The van der Waals surface area contributed by atoms with Crippen molar-refractivity contribution in [2.75, 3.05) is 18.4 Å². The predicted molar refractivity (Wildman–Crippen MR) is 107 cm³/mol. The third kappa shape index (κ3) is 4.58. The molecule has 0 bridgehead atoms. The van der Waals surface area contributed by atoms with Crippen LogP contribution in [0.3, 0.4) is 0 Å². The summed E-state index contributed by atoms with van der Waals surface area (Å²) in [4.78, 5) is 16.8. The summed E-state index contributed by atoms with van der Waals surface area (Å²) in [6.45, 7) is 2.37. The molecule has 6 nitrogen and oxygen atoms in total. The standard InChI is InChI=1S/C22H23N3O3/c26-21(20-15-28-22(25-20)17-7-4-12-23-13-17)24-18-8-10-19(11-9-18)27-14-16-5-2-1-3-6-16/h1-3,5-6,8-11,15,17,23H,4,7,12-14H2,(H,24,26). The Labute approximate surface area is 163 Å². The van der Waals surface area contributed by atoms with Gasteiger partial charge in [0.15, 0.2) is 11.6 Å². The fourth-order valence-electron chi connectivity index (χ4n) is 3.21. The molecule has 1 fully saturated rings. The third-order valence-corrected chi connectivity index (χ3v) is 4.76. The van der Waals surface area contributed by atoms with Crippen LogP contribution in [0, 0.1) is 0 Å². The molecule has 1 aromatic heterocycles. The molecule has 1 aliphatic heterocycles. The highest BCUT2D eigenvalue weighted by Crippen LogP contribution is 2.23. The van der Waals surface area contributed by atoms with Gasteiger partial charge in [0.1, 0.15) is 18.6 Å². The minimum atomic E-state index is -0.281. The molecule has 0 saturated carbocycles. The molecule has 3 aromatic rings. The van der Waals surface area contributed by atoms with Gasteiger partial charge in [0.25, 0.3) is 5.91 Å². The van der Waals surface area contributed by atoms with Crippen LogP contribution in [0.15, 0.2) is 65.3 Å². The second kappa shape index (κ2) is 8.71. The lowest BCUT2D eigenvalue weighted by molar-refractivity contribution is 0.102. The number of hydrogen-bond donors (Lipinski definition) is 2. The number of aromatic nitrogens is 1. The monoisotopic (exact) mass is 377 g/mol. The number of rotatable bonds is 6. The van der Waals surface area contributed by atoms with Gasteiger partial charge in [-0.15, -0.1) is 0 Å². The van der Waals surface area contributed by atoms with Crippen molar-refractivity contribution >= 4 is 11.6 Å². The van der Waals surface area contributed by atoms with Crippen LogP contribution in [0.2, 0.25) is 0 Å². The number of carbonyl (C=O) groups is 1. The van der Waals surface area contributed by atoms with Crippen LogP contribution in [0.1, 0.15) is 40.7 Å². The summed E-state index contributed by atoms with van der Waals surface area (Å²) in [6, 6.07) is 17.3. The molecule has 0 aliphatic carbocycles. The van der Waals surface area contributed by atoms with Crippen molar-refractivity contribution < 1.29 is 13.9 Å². The van der Waals surface area contributed by atoms with Crippen molar-refractivity contribution in [1.82, 2.24) is 10.3 Å². The minimum absolute atomic E-state index is 0.233. The highest BCUT2D eigenvalue weighted by Gasteiger charge is 2.22. The molecule has 1 unspecified atom stereocenters. The number of carbonyl (C=O) groups excluding carboxylic acids is 1. The van der Waals surface area contributed by atoms with Crippen molar-refractivity contribution in [3.63, 3.8) is 0 Å². The summed E-state index contributed by atoms with van der Waals surface area (Å²) < 4.78 is 11.3. The number of ether oxygens (including phenoxy) is 1. The molecule has 6 heteroatoms. The summed E-state index contributed by atoms with van der Waals surface area (Å²) in [5.41, 5.74) is 2.08. The molecule has 2 aromatic carbocycles. The minimum Gasteiger partial charge on any atom is -0.489 e. The Morgan fingerprint density at radius 1 is 1.18 bits per heavy atom. The number of nitrogens with one attached hydrogen (secondary N) is 2.